The number of β-amino-alcohol motifs (C(OH)–C–C–N with tert-alkyl or cyclic N) is 1. The van der Waals surface area contributed by atoms with Gasteiger partial charge in [0, 0.05) is 19.6 Å². The van der Waals surface area contributed by atoms with Crippen LogP contribution in [0.3, 0.4) is 0 Å². The summed E-state index contributed by atoms with van der Waals surface area (Å²) in [6.07, 6.45) is -4.15. The molecule has 1 aliphatic rings. The smallest absolute Gasteiger partial charge is 0.392 e. The van der Waals surface area contributed by atoms with Gasteiger partial charge in [-0.3, -0.25) is 4.90 Å². The van der Waals surface area contributed by atoms with Gasteiger partial charge >= 0.3 is 6.18 Å². The van der Waals surface area contributed by atoms with Crippen molar-refractivity contribution in [3.05, 3.63) is 29.1 Å². The summed E-state index contributed by atoms with van der Waals surface area (Å²) in [4.78, 5) is 8.75. The third kappa shape index (κ3) is 2.89. The fourth-order valence-electron chi connectivity index (χ4n) is 2.82. The van der Waals surface area contributed by atoms with Crippen LogP contribution < -0.4 is 0 Å². The van der Waals surface area contributed by atoms with Gasteiger partial charge in [-0.1, -0.05) is 0 Å². The second kappa shape index (κ2) is 4.99. The van der Waals surface area contributed by atoms with Crippen molar-refractivity contribution >= 4 is 11.0 Å². The number of imidazole rings is 1. The number of alkyl halides is 3. The van der Waals surface area contributed by atoms with E-state index in [4.69, 9.17) is 0 Å². The first-order chi connectivity index (χ1) is 9.83. The second-order valence-corrected chi connectivity index (χ2v) is 5.54. The van der Waals surface area contributed by atoms with Crippen LogP contribution in [-0.2, 0) is 12.7 Å². The summed E-state index contributed by atoms with van der Waals surface area (Å²) in [6, 6.07) is 2.86. The van der Waals surface area contributed by atoms with E-state index in [1.807, 2.05) is 4.90 Å². The maximum Gasteiger partial charge on any atom is 0.418 e. The van der Waals surface area contributed by atoms with Crippen LogP contribution in [-0.4, -0.2) is 39.2 Å². The minimum absolute atomic E-state index is 0.0368. The van der Waals surface area contributed by atoms with Gasteiger partial charge in [-0.15, -0.1) is 0 Å². The van der Waals surface area contributed by atoms with Crippen LogP contribution in [0, 0.1) is 6.92 Å². The standard InChI is InChI=1S/C14H16F3N3O/c1-8-18-12-5-9(6-20-3-2-10(21)7-20)4-11(13(12)19-8)14(15,16)17/h4-5,10,21H,2-3,6-7H2,1H3,(H,18,19)/t10-/m1/s1. The van der Waals surface area contributed by atoms with Crippen LogP contribution in [0.25, 0.3) is 11.0 Å². The number of rotatable bonds is 2. The SMILES string of the molecule is Cc1nc2c(C(F)(F)F)cc(CN3CC[C@@H](O)C3)cc2[nH]1. The summed E-state index contributed by atoms with van der Waals surface area (Å²) >= 11 is 0. The summed E-state index contributed by atoms with van der Waals surface area (Å²) in [6.45, 7) is 3.23. The van der Waals surface area contributed by atoms with Crippen LogP contribution in [0.5, 0.6) is 0 Å². The van der Waals surface area contributed by atoms with Gasteiger partial charge in [-0.05, 0) is 31.0 Å². The summed E-state index contributed by atoms with van der Waals surface area (Å²) in [5.41, 5.74) is 0.231. The Morgan fingerprint density at radius 2 is 2.19 bits per heavy atom. The van der Waals surface area contributed by atoms with Crippen molar-refractivity contribution < 1.29 is 18.3 Å². The van der Waals surface area contributed by atoms with E-state index in [-0.39, 0.29) is 11.6 Å². The number of aliphatic hydroxyl groups is 1. The number of benzene rings is 1. The molecule has 2 heterocycles. The van der Waals surface area contributed by atoms with Crippen molar-refractivity contribution in [3.8, 4) is 0 Å². The number of aliphatic hydroxyl groups excluding tert-OH is 1. The molecule has 2 aromatic rings. The number of H-pyrrole nitrogens is 1. The Hall–Kier alpha value is -1.60. The number of hydrogen-bond acceptors (Lipinski definition) is 3. The van der Waals surface area contributed by atoms with Crippen LogP contribution in [0.4, 0.5) is 13.2 Å². The molecule has 0 aliphatic carbocycles. The highest BCUT2D eigenvalue weighted by atomic mass is 19.4. The quantitative estimate of drug-likeness (QED) is 0.895. The summed E-state index contributed by atoms with van der Waals surface area (Å²) in [5.74, 6) is 0.462. The average Bonchev–Trinajstić information content (AvgIpc) is 2.92. The highest BCUT2D eigenvalue weighted by Gasteiger charge is 2.34. The number of nitrogens with zero attached hydrogens (tertiary/aromatic N) is 2. The Kier molecular flexibility index (Phi) is 3.41. The largest absolute Gasteiger partial charge is 0.418 e. The number of halogens is 3. The number of aromatic nitrogens is 2. The molecule has 0 saturated carbocycles. The molecular formula is C14H16F3N3O. The number of aryl methyl sites for hydroxylation is 1. The lowest BCUT2D eigenvalue weighted by atomic mass is 10.1. The lowest BCUT2D eigenvalue weighted by Gasteiger charge is -2.16. The van der Waals surface area contributed by atoms with Crippen LogP contribution in [0.1, 0.15) is 23.4 Å². The maximum atomic E-state index is 13.2. The molecule has 1 aromatic carbocycles. The fourth-order valence-corrected chi connectivity index (χ4v) is 2.82. The van der Waals surface area contributed by atoms with Gasteiger partial charge in [0.25, 0.3) is 0 Å². The molecule has 114 valence electrons. The normalized spacial score (nSPS) is 20.5. The van der Waals surface area contributed by atoms with Crippen LogP contribution >= 0.6 is 0 Å². The van der Waals surface area contributed by atoms with Crippen molar-refractivity contribution in [2.75, 3.05) is 13.1 Å². The van der Waals surface area contributed by atoms with Gasteiger partial charge < -0.3 is 10.1 Å². The van der Waals surface area contributed by atoms with Crippen molar-refractivity contribution in [1.29, 1.82) is 0 Å². The molecule has 0 radical (unpaired) electrons. The first kappa shape index (κ1) is 14.3. The Bertz CT molecular complexity index is 665. The summed E-state index contributed by atoms with van der Waals surface area (Å²) in [7, 11) is 0. The monoisotopic (exact) mass is 299 g/mol. The van der Waals surface area contributed by atoms with E-state index in [9.17, 15) is 18.3 Å². The molecule has 1 fully saturated rings. The maximum absolute atomic E-state index is 13.2. The van der Waals surface area contributed by atoms with Gasteiger partial charge in [0.1, 0.15) is 11.3 Å². The van der Waals surface area contributed by atoms with E-state index in [2.05, 4.69) is 9.97 Å². The lowest BCUT2D eigenvalue weighted by Crippen LogP contribution is -2.21. The Labute approximate surface area is 119 Å². The lowest BCUT2D eigenvalue weighted by molar-refractivity contribution is -0.136. The van der Waals surface area contributed by atoms with Gasteiger partial charge in [-0.2, -0.15) is 13.2 Å². The molecule has 4 nitrogen and oxygen atoms in total. The fraction of sp³-hybridized carbons (Fsp3) is 0.500. The third-order valence-corrected chi connectivity index (χ3v) is 3.72. The van der Waals surface area contributed by atoms with Crippen LogP contribution in [0.15, 0.2) is 12.1 Å². The van der Waals surface area contributed by atoms with Gasteiger partial charge in [0.05, 0.1) is 17.2 Å². The molecule has 21 heavy (non-hydrogen) atoms. The Morgan fingerprint density at radius 3 is 2.81 bits per heavy atom. The second-order valence-electron chi connectivity index (χ2n) is 5.54. The minimum Gasteiger partial charge on any atom is -0.392 e. The molecule has 0 amide bonds. The molecule has 3 rings (SSSR count). The predicted octanol–water partition coefficient (Wildman–Crippen LogP) is 2.46. The first-order valence-electron chi connectivity index (χ1n) is 6.80. The summed E-state index contributed by atoms with van der Waals surface area (Å²) < 4.78 is 39.5. The highest BCUT2D eigenvalue weighted by molar-refractivity contribution is 5.80. The Morgan fingerprint density at radius 1 is 1.43 bits per heavy atom. The van der Waals surface area contributed by atoms with E-state index < -0.39 is 11.7 Å². The van der Waals surface area contributed by atoms with Crippen molar-refractivity contribution in [2.45, 2.75) is 32.2 Å². The summed E-state index contributed by atoms with van der Waals surface area (Å²) in [5, 5.41) is 9.50. The van der Waals surface area contributed by atoms with Gasteiger partial charge in [0.2, 0.25) is 0 Å². The molecule has 1 atom stereocenters. The topological polar surface area (TPSA) is 52.1 Å². The average molecular weight is 299 g/mol. The number of aromatic amines is 1. The zero-order chi connectivity index (χ0) is 15.2. The number of likely N-dealkylation sites (tertiary alicyclic amines) is 1. The van der Waals surface area contributed by atoms with Gasteiger partial charge in [0.15, 0.2) is 0 Å². The highest BCUT2D eigenvalue weighted by Crippen LogP contribution is 2.35. The Balaban J connectivity index is 1.99. The third-order valence-electron chi connectivity index (χ3n) is 3.72. The zero-order valence-corrected chi connectivity index (χ0v) is 11.5. The molecule has 0 unspecified atom stereocenters. The molecule has 1 saturated heterocycles. The number of hydrogen-bond donors (Lipinski definition) is 2. The minimum atomic E-state index is -4.43. The predicted molar refractivity (Wildman–Crippen MR) is 71.7 cm³/mol. The molecule has 2 N–H and O–H groups in total. The molecule has 0 bridgehead atoms. The molecule has 7 heteroatoms. The first-order valence-corrected chi connectivity index (χ1v) is 6.80. The number of fused-ring (bicyclic) bond motifs is 1. The van der Waals surface area contributed by atoms with Crippen molar-refractivity contribution in [2.24, 2.45) is 0 Å². The van der Waals surface area contributed by atoms with Crippen molar-refractivity contribution in [3.63, 3.8) is 0 Å². The molecular weight excluding hydrogens is 283 g/mol. The number of nitrogens with one attached hydrogen (secondary N) is 1. The zero-order valence-electron chi connectivity index (χ0n) is 11.5. The van der Waals surface area contributed by atoms with Crippen LogP contribution in [0.2, 0.25) is 0 Å². The van der Waals surface area contributed by atoms with Gasteiger partial charge in [-0.25, -0.2) is 4.98 Å². The van der Waals surface area contributed by atoms with E-state index in [1.165, 1.54) is 0 Å². The van der Waals surface area contributed by atoms with E-state index in [1.54, 1.807) is 13.0 Å². The van der Waals surface area contributed by atoms with E-state index in [0.29, 0.717) is 43.0 Å². The molecule has 0 spiro atoms. The van der Waals surface area contributed by atoms with Crippen molar-refractivity contribution in [1.82, 2.24) is 14.9 Å². The van der Waals surface area contributed by atoms with E-state index in [0.717, 1.165) is 6.07 Å². The van der Waals surface area contributed by atoms with E-state index >= 15 is 0 Å². The molecule has 1 aromatic heterocycles. The molecule has 1 aliphatic heterocycles.